The zero-order chi connectivity index (χ0) is 13.0. The number of hydrogen-bond acceptors (Lipinski definition) is 3. The van der Waals surface area contributed by atoms with E-state index in [0.717, 1.165) is 11.3 Å². The van der Waals surface area contributed by atoms with Crippen LogP contribution < -0.4 is 11.1 Å². The van der Waals surface area contributed by atoms with E-state index in [1.165, 1.54) is 0 Å². The molecule has 0 spiro atoms. The number of rotatable bonds is 3. The standard InChI is InChI=1S/C14H15N3O.2ClH.H2O/c1-10(15)11-2-4-12(5-3-11)14(18)17-13-6-8-16-9-7-13;;;/h2-10H,15H2,1H3,(H,16,17,18);2*1H;1H2. The second kappa shape index (κ2) is 10.1. The molecule has 2 aromatic rings. The number of carbonyl (C=O) groups excluding carboxylic acids is 1. The average molecular weight is 332 g/mol. The molecule has 116 valence electrons. The molecule has 1 amide bonds. The molecule has 1 aromatic heterocycles. The highest BCUT2D eigenvalue weighted by Crippen LogP contribution is 2.12. The van der Waals surface area contributed by atoms with Crippen molar-refractivity contribution >= 4 is 36.4 Å². The van der Waals surface area contributed by atoms with E-state index in [0.29, 0.717) is 5.56 Å². The van der Waals surface area contributed by atoms with Crippen molar-refractivity contribution in [3.63, 3.8) is 0 Å². The maximum Gasteiger partial charge on any atom is 0.255 e. The van der Waals surface area contributed by atoms with E-state index < -0.39 is 0 Å². The number of pyridine rings is 1. The van der Waals surface area contributed by atoms with Crippen LogP contribution in [0, 0.1) is 0 Å². The zero-order valence-electron chi connectivity index (χ0n) is 11.4. The third kappa shape index (κ3) is 6.10. The number of anilines is 1. The Morgan fingerprint density at radius 1 is 1.10 bits per heavy atom. The summed E-state index contributed by atoms with van der Waals surface area (Å²) in [7, 11) is 0. The molecule has 5 N–H and O–H groups in total. The molecule has 0 aliphatic rings. The molecule has 1 unspecified atom stereocenters. The Kier molecular flexibility index (Phi) is 10.4. The summed E-state index contributed by atoms with van der Waals surface area (Å²) in [6.45, 7) is 1.91. The Morgan fingerprint density at radius 2 is 1.62 bits per heavy atom. The minimum atomic E-state index is -0.141. The minimum Gasteiger partial charge on any atom is -0.412 e. The van der Waals surface area contributed by atoms with E-state index in [1.54, 1.807) is 36.7 Å². The van der Waals surface area contributed by atoms with Crippen LogP contribution in [0.2, 0.25) is 0 Å². The van der Waals surface area contributed by atoms with Gasteiger partial charge in [-0.1, -0.05) is 12.1 Å². The van der Waals surface area contributed by atoms with Gasteiger partial charge in [-0.05, 0) is 36.8 Å². The molecule has 0 saturated carbocycles. The van der Waals surface area contributed by atoms with Crippen molar-refractivity contribution in [1.29, 1.82) is 0 Å². The molecule has 0 aliphatic heterocycles. The van der Waals surface area contributed by atoms with Gasteiger partial charge < -0.3 is 16.5 Å². The fourth-order valence-electron chi connectivity index (χ4n) is 1.58. The molecule has 2 rings (SSSR count). The second-order valence-electron chi connectivity index (χ2n) is 4.10. The molecule has 5 nitrogen and oxygen atoms in total. The number of nitrogens with two attached hydrogens (primary N) is 1. The summed E-state index contributed by atoms with van der Waals surface area (Å²) in [4.78, 5) is 15.8. The van der Waals surface area contributed by atoms with Gasteiger partial charge in [-0.2, -0.15) is 0 Å². The van der Waals surface area contributed by atoms with E-state index in [4.69, 9.17) is 5.73 Å². The Morgan fingerprint density at radius 3 is 2.10 bits per heavy atom. The van der Waals surface area contributed by atoms with Crippen LogP contribution in [-0.4, -0.2) is 16.4 Å². The number of benzene rings is 1. The van der Waals surface area contributed by atoms with Crippen molar-refractivity contribution in [2.24, 2.45) is 5.73 Å². The van der Waals surface area contributed by atoms with Gasteiger partial charge in [-0.3, -0.25) is 9.78 Å². The lowest BCUT2D eigenvalue weighted by molar-refractivity contribution is 0.102. The van der Waals surface area contributed by atoms with Crippen molar-refractivity contribution < 1.29 is 10.3 Å². The second-order valence-corrected chi connectivity index (χ2v) is 4.10. The smallest absolute Gasteiger partial charge is 0.255 e. The maximum atomic E-state index is 11.9. The van der Waals surface area contributed by atoms with E-state index >= 15 is 0 Å². The number of nitrogens with one attached hydrogen (secondary N) is 1. The molecule has 7 heteroatoms. The van der Waals surface area contributed by atoms with Crippen molar-refractivity contribution in [3.8, 4) is 0 Å². The number of amides is 1. The summed E-state index contributed by atoms with van der Waals surface area (Å²) >= 11 is 0. The lowest BCUT2D eigenvalue weighted by Gasteiger charge is -2.07. The first kappa shape index (κ1) is 21.6. The van der Waals surface area contributed by atoms with Crippen molar-refractivity contribution in [3.05, 3.63) is 59.9 Å². The van der Waals surface area contributed by atoms with Crippen LogP contribution in [-0.2, 0) is 0 Å². The fraction of sp³-hybridized carbons (Fsp3) is 0.143. The van der Waals surface area contributed by atoms with E-state index in [2.05, 4.69) is 10.3 Å². The Hall–Kier alpha value is -1.66. The van der Waals surface area contributed by atoms with Crippen molar-refractivity contribution in [2.75, 3.05) is 5.32 Å². The number of carbonyl (C=O) groups is 1. The van der Waals surface area contributed by atoms with Gasteiger partial charge in [0.1, 0.15) is 0 Å². The van der Waals surface area contributed by atoms with Crippen LogP contribution in [0.15, 0.2) is 48.8 Å². The van der Waals surface area contributed by atoms with Crippen molar-refractivity contribution in [1.82, 2.24) is 4.98 Å². The normalized spacial score (nSPS) is 10.2. The average Bonchev–Trinajstić information content (AvgIpc) is 2.40. The number of halogens is 2. The van der Waals surface area contributed by atoms with Crippen LogP contribution >= 0.6 is 24.8 Å². The van der Waals surface area contributed by atoms with Crippen LogP contribution in [0.25, 0.3) is 0 Å². The zero-order valence-corrected chi connectivity index (χ0v) is 13.1. The van der Waals surface area contributed by atoms with Gasteiger partial charge in [0.05, 0.1) is 0 Å². The van der Waals surface area contributed by atoms with Gasteiger partial charge in [0.25, 0.3) is 5.91 Å². The number of aromatic nitrogens is 1. The first-order valence-corrected chi connectivity index (χ1v) is 5.74. The molecule has 0 fully saturated rings. The third-order valence-electron chi connectivity index (χ3n) is 2.64. The van der Waals surface area contributed by atoms with E-state index in [1.807, 2.05) is 19.1 Å². The highest BCUT2D eigenvalue weighted by molar-refractivity contribution is 6.04. The monoisotopic (exact) mass is 331 g/mol. The SMILES string of the molecule is CC(N)c1ccc(C(=O)Nc2ccncc2)cc1.Cl.Cl.O. The minimum absolute atomic E-state index is 0. The molecule has 0 saturated heterocycles. The van der Waals surface area contributed by atoms with Crippen LogP contribution in [0.3, 0.4) is 0 Å². The third-order valence-corrected chi connectivity index (χ3v) is 2.64. The predicted molar refractivity (Wildman–Crippen MR) is 89.3 cm³/mol. The lowest BCUT2D eigenvalue weighted by atomic mass is 10.1. The molecule has 0 aliphatic carbocycles. The molecule has 1 aromatic carbocycles. The van der Waals surface area contributed by atoms with Gasteiger partial charge >= 0.3 is 0 Å². The number of hydrogen-bond donors (Lipinski definition) is 2. The summed E-state index contributed by atoms with van der Waals surface area (Å²) in [6.07, 6.45) is 3.27. The fourth-order valence-corrected chi connectivity index (χ4v) is 1.58. The summed E-state index contributed by atoms with van der Waals surface area (Å²) in [5.74, 6) is -0.141. The quantitative estimate of drug-likeness (QED) is 0.902. The highest BCUT2D eigenvalue weighted by Gasteiger charge is 2.06. The number of nitrogens with zero attached hydrogens (tertiary/aromatic N) is 1. The summed E-state index contributed by atoms with van der Waals surface area (Å²) < 4.78 is 0. The van der Waals surface area contributed by atoms with Gasteiger partial charge in [-0.25, -0.2) is 0 Å². The lowest BCUT2D eigenvalue weighted by Crippen LogP contribution is -2.12. The maximum absolute atomic E-state index is 11.9. The first-order valence-electron chi connectivity index (χ1n) is 5.74. The molecule has 1 heterocycles. The van der Waals surface area contributed by atoms with Gasteiger partial charge in [-0.15, -0.1) is 24.8 Å². The summed E-state index contributed by atoms with van der Waals surface area (Å²) in [5.41, 5.74) is 8.10. The summed E-state index contributed by atoms with van der Waals surface area (Å²) in [6, 6.07) is 10.7. The molecule has 0 bridgehead atoms. The van der Waals surface area contributed by atoms with Crippen LogP contribution in [0.1, 0.15) is 28.9 Å². The first-order chi connectivity index (χ1) is 8.66. The van der Waals surface area contributed by atoms with E-state index in [9.17, 15) is 4.79 Å². The van der Waals surface area contributed by atoms with Crippen LogP contribution in [0.5, 0.6) is 0 Å². The molecular weight excluding hydrogens is 313 g/mol. The van der Waals surface area contributed by atoms with E-state index in [-0.39, 0.29) is 42.2 Å². The Balaban J connectivity index is 0. The Labute approximate surface area is 136 Å². The highest BCUT2D eigenvalue weighted by atomic mass is 35.5. The Bertz CT molecular complexity index is 534. The molecule has 21 heavy (non-hydrogen) atoms. The van der Waals surface area contributed by atoms with Crippen molar-refractivity contribution in [2.45, 2.75) is 13.0 Å². The molecular formula is C14H19Cl2N3O2. The van der Waals surface area contributed by atoms with Gasteiger partial charge in [0.15, 0.2) is 0 Å². The summed E-state index contributed by atoms with van der Waals surface area (Å²) in [5, 5.41) is 2.80. The topological polar surface area (TPSA) is 99.5 Å². The van der Waals surface area contributed by atoms with Gasteiger partial charge in [0, 0.05) is 29.7 Å². The van der Waals surface area contributed by atoms with Crippen LogP contribution in [0.4, 0.5) is 5.69 Å². The van der Waals surface area contributed by atoms with Gasteiger partial charge in [0.2, 0.25) is 0 Å². The molecule has 0 radical (unpaired) electrons. The largest absolute Gasteiger partial charge is 0.412 e. The molecule has 1 atom stereocenters. The predicted octanol–water partition coefficient (Wildman–Crippen LogP) is 2.37.